The first-order chi connectivity index (χ1) is 6.74. The fraction of sp³-hybridized carbons (Fsp3) is 0.182. The summed E-state index contributed by atoms with van der Waals surface area (Å²) in [6.07, 6.45) is 0.997. The van der Waals surface area contributed by atoms with E-state index >= 15 is 0 Å². The summed E-state index contributed by atoms with van der Waals surface area (Å²) in [6, 6.07) is 6.05. The lowest BCUT2D eigenvalue weighted by molar-refractivity contribution is 1.29. The number of nitrogens with zero attached hydrogens (tertiary/aromatic N) is 1. The number of benzene rings is 1. The van der Waals surface area contributed by atoms with Crippen LogP contribution in [0.2, 0.25) is 5.02 Å². The van der Waals surface area contributed by atoms with Crippen molar-refractivity contribution in [2.24, 2.45) is 0 Å². The molecule has 0 unspecified atom stereocenters. The molecule has 0 fully saturated rings. The molecule has 78 valence electrons. The first-order valence-electron chi connectivity index (χ1n) is 4.49. The molecule has 0 atom stereocenters. The van der Waals surface area contributed by atoms with Gasteiger partial charge in [-0.3, -0.25) is 0 Å². The van der Waals surface area contributed by atoms with Gasteiger partial charge in [0.2, 0.25) is 0 Å². The second kappa shape index (κ2) is 3.78. The lowest BCUT2D eigenvalue weighted by Crippen LogP contribution is -1.80. The summed E-state index contributed by atoms with van der Waals surface area (Å²) in [5.41, 5.74) is 3.74. The van der Waals surface area contributed by atoms with E-state index in [0.29, 0.717) is 0 Å². The Bertz CT molecular complexity index is 519. The smallest absolute Gasteiger partial charge is 0.0904 e. The molecule has 0 spiro atoms. The average molecular weight is 258 g/mol. The molecule has 0 saturated heterocycles. The first kappa shape index (κ1) is 10.9. The molecule has 1 aliphatic carbocycles. The van der Waals surface area contributed by atoms with Crippen LogP contribution < -0.4 is 0 Å². The number of rotatable bonds is 0. The highest BCUT2D eigenvalue weighted by atomic mass is 35.5. The van der Waals surface area contributed by atoms with Gasteiger partial charge in [0, 0.05) is 21.9 Å². The molecule has 0 N–H and O–H groups in total. The van der Waals surface area contributed by atoms with E-state index in [4.69, 9.17) is 11.6 Å². The van der Waals surface area contributed by atoms with Crippen LogP contribution in [0.3, 0.4) is 0 Å². The molecular formula is C11H9Cl2NS. The van der Waals surface area contributed by atoms with Crippen molar-refractivity contribution in [3.63, 3.8) is 0 Å². The van der Waals surface area contributed by atoms with Crippen molar-refractivity contribution in [1.29, 1.82) is 0 Å². The van der Waals surface area contributed by atoms with E-state index < -0.39 is 0 Å². The summed E-state index contributed by atoms with van der Waals surface area (Å²) in [5, 5.41) is 1.96. The highest BCUT2D eigenvalue weighted by Crippen LogP contribution is 2.39. The predicted molar refractivity (Wildman–Crippen MR) is 67.4 cm³/mol. The lowest BCUT2D eigenvalue weighted by Gasteiger charge is -1.98. The van der Waals surface area contributed by atoms with Crippen LogP contribution in [0.5, 0.6) is 0 Å². The Labute approximate surface area is 104 Å². The van der Waals surface area contributed by atoms with Crippen molar-refractivity contribution < 1.29 is 0 Å². The van der Waals surface area contributed by atoms with Crippen LogP contribution >= 0.6 is 35.3 Å². The molecule has 0 saturated carbocycles. The van der Waals surface area contributed by atoms with Crippen molar-refractivity contribution in [3.8, 4) is 11.3 Å². The van der Waals surface area contributed by atoms with Gasteiger partial charge in [-0.05, 0) is 24.6 Å². The average Bonchev–Trinajstić information content (AvgIpc) is 2.59. The standard InChI is InChI=1S/C11H8ClNS.ClH/c1-6-13-11-9-3-2-8(12)4-7(9)5-10(11)14-6;/h2-4H,5H2,1H3;1H. The fourth-order valence-electron chi connectivity index (χ4n) is 1.91. The van der Waals surface area contributed by atoms with Crippen molar-refractivity contribution in [3.05, 3.63) is 38.7 Å². The quantitative estimate of drug-likeness (QED) is 0.591. The van der Waals surface area contributed by atoms with E-state index in [1.165, 1.54) is 21.7 Å². The second-order valence-corrected chi connectivity index (χ2v) is 5.21. The third-order valence-electron chi connectivity index (χ3n) is 2.48. The molecule has 15 heavy (non-hydrogen) atoms. The van der Waals surface area contributed by atoms with Crippen LogP contribution in [-0.4, -0.2) is 4.98 Å². The Morgan fingerprint density at radius 3 is 3.00 bits per heavy atom. The maximum Gasteiger partial charge on any atom is 0.0904 e. The number of fused-ring (bicyclic) bond motifs is 3. The topological polar surface area (TPSA) is 12.9 Å². The number of halogens is 2. The van der Waals surface area contributed by atoms with Gasteiger partial charge < -0.3 is 0 Å². The van der Waals surface area contributed by atoms with Crippen LogP contribution in [-0.2, 0) is 6.42 Å². The lowest BCUT2D eigenvalue weighted by atomic mass is 10.1. The predicted octanol–water partition coefficient (Wildman–Crippen LogP) is 4.10. The first-order valence-corrected chi connectivity index (χ1v) is 5.68. The van der Waals surface area contributed by atoms with Crippen LogP contribution in [0.4, 0.5) is 0 Å². The Morgan fingerprint density at radius 2 is 2.20 bits per heavy atom. The summed E-state index contributed by atoms with van der Waals surface area (Å²) in [5.74, 6) is 0. The molecule has 0 bridgehead atoms. The van der Waals surface area contributed by atoms with Gasteiger partial charge in [-0.15, -0.1) is 23.7 Å². The number of aromatic nitrogens is 1. The van der Waals surface area contributed by atoms with Crippen molar-refractivity contribution >= 4 is 35.3 Å². The zero-order chi connectivity index (χ0) is 9.71. The number of aryl methyl sites for hydroxylation is 1. The molecule has 3 rings (SSSR count). The van der Waals surface area contributed by atoms with Crippen molar-refractivity contribution in [1.82, 2.24) is 4.98 Å². The second-order valence-electron chi connectivity index (χ2n) is 3.48. The van der Waals surface area contributed by atoms with Crippen molar-refractivity contribution in [2.75, 3.05) is 0 Å². The molecule has 1 aliphatic rings. The van der Waals surface area contributed by atoms with Gasteiger partial charge in [0.05, 0.1) is 10.7 Å². The summed E-state index contributed by atoms with van der Waals surface area (Å²) >= 11 is 7.73. The number of hydrogen-bond donors (Lipinski definition) is 0. The molecule has 1 heterocycles. The maximum absolute atomic E-state index is 5.95. The summed E-state index contributed by atoms with van der Waals surface area (Å²) in [7, 11) is 0. The maximum atomic E-state index is 5.95. The zero-order valence-electron chi connectivity index (χ0n) is 8.08. The Morgan fingerprint density at radius 1 is 1.40 bits per heavy atom. The SMILES string of the molecule is Cc1nc2c(s1)Cc1cc(Cl)ccc1-2.Cl. The monoisotopic (exact) mass is 257 g/mol. The number of hydrogen-bond acceptors (Lipinski definition) is 2. The zero-order valence-corrected chi connectivity index (χ0v) is 10.5. The highest BCUT2D eigenvalue weighted by Gasteiger charge is 2.22. The Hall–Kier alpha value is -0.570. The Balaban J connectivity index is 0.000000853. The molecule has 0 radical (unpaired) electrons. The van der Waals surface area contributed by atoms with E-state index in [-0.39, 0.29) is 12.4 Å². The molecule has 2 aromatic rings. The molecule has 0 amide bonds. The molecule has 1 aromatic heterocycles. The largest absolute Gasteiger partial charge is 0.241 e. The van der Waals surface area contributed by atoms with Crippen molar-refractivity contribution in [2.45, 2.75) is 13.3 Å². The highest BCUT2D eigenvalue weighted by molar-refractivity contribution is 7.12. The minimum Gasteiger partial charge on any atom is -0.241 e. The van der Waals surface area contributed by atoms with E-state index in [2.05, 4.69) is 18.0 Å². The van der Waals surface area contributed by atoms with Gasteiger partial charge >= 0.3 is 0 Å². The molecular weight excluding hydrogens is 249 g/mol. The molecule has 1 nitrogen and oxygen atoms in total. The normalized spacial score (nSPS) is 11.9. The van der Waals surface area contributed by atoms with Crippen LogP contribution in [0.15, 0.2) is 18.2 Å². The van der Waals surface area contributed by atoms with Gasteiger partial charge in [0.1, 0.15) is 0 Å². The van der Waals surface area contributed by atoms with E-state index in [0.717, 1.165) is 16.5 Å². The minimum atomic E-state index is 0. The summed E-state index contributed by atoms with van der Waals surface area (Å²) < 4.78 is 0. The summed E-state index contributed by atoms with van der Waals surface area (Å²) in [4.78, 5) is 5.91. The van der Waals surface area contributed by atoms with Gasteiger partial charge in [0.25, 0.3) is 0 Å². The Kier molecular flexibility index (Phi) is 2.75. The van der Waals surface area contributed by atoms with E-state index in [9.17, 15) is 0 Å². The van der Waals surface area contributed by atoms with Gasteiger partial charge in [-0.2, -0.15) is 0 Å². The molecule has 0 aliphatic heterocycles. The number of thiazole rings is 1. The van der Waals surface area contributed by atoms with E-state index in [1.54, 1.807) is 11.3 Å². The molecule has 1 aromatic carbocycles. The van der Waals surface area contributed by atoms with E-state index in [1.807, 2.05) is 12.1 Å². The van der Waals surface area contributed by atoms with Gasteiger partial charge in [-0.1, -0.05) is 17.7 Å². The minimum absolute atomic E-state index is 0. The van der Waals surface area contributed by atoms with Crippen LogP contribution in [0.1, 0.15) is 15.4 Å². The fourth-order valence-corrected chi connectivity index (χ4v) is 3.08. The molecule has 4 heteroatoms. The third-order valence-corrected chi connectivity index (χ3v) is 3.68. The van der Waals surface area contributed by atoms with Crippen LogP contribution in [0, 0.1) is 6.92 Å². The van der Waals surface area contributed by atoms with Crippen LogP contribution in [0.25, 0.3) is 11.3 Å². The van der Waals surface area contributed by atoms with Gasteiger partial charge in [-0.25, -0.2) is 4.98 Å². The summed E-state index contributed by atoms with van der Waals surface area (Å²) in [6.45, 7) is 2.05. The third kappa shape index (κ3) is 1.67. The van der Waals surface area contributed by atoms with Gasteiger partial charge in [0.15, 0.2) is 0 Å².